The molecule has 3 aromatic heterocycles. The molecule has 1 fully saturated rings. The van der Waals surface area contributed by atoms with Crippen molar-refractivity contribution in [3.63, 3.8) is 0 Å². The van der Waals surface area contributed by atoms with Crippen molar-refractivity contribution in [1.82, 2.24) is 28.7 Å². The molecule has 180 valence electrons. The van der Waals surface area contributed by atoms with Crippen molar-refractivity contribution in [2.75, 3.05) is 18.0 Å². The number of anilines is 1. The van der Waals surface area contributed by atoms with Crippen molar-refractivity contribution in [3.8, 4) is 11.8 Å². The lowest BCUT2D eigenvalue weighted by Gasteiger charge is -2.31. The Labute approximate surface area is 203 Å². The van der Waals surface area contributed by atoms with Crippen LogP contribution >= 0.6 is 0 Å². The van der Waals surface area contributed by atoms with Crippen molar-refractivity contribution < 1.29 is 1.37 Å². The Morgan fingerprint density at radius 2 is 2.00 bits per heavy atom. The van der Waals surface area contributed by atoms with Gasteiger partial charge in [-0.2, -0.15) is 4.98 Å². The van der Waals surface area contributed by atoms with Gasteiger partial charge in [-0.1, -0.05) is 24.1 Å². The van der Waals surface area contributed by atoms with Crippen LogP contribution in [0.3, 0.4) is 0 Å². The van der Waals surface area contributed by atoms with Gasteiger partial charge >= 0.3 is 5.69 Å². The number of hydrogen-bond acceptors (Lipinski definition) is 7. The number of piperidine rings is 1. The number of benzene rings is 1. The number of nitrogens with zero attached hydrogens (tertiary/aromatic N) is 7. The minimum absolute atomic E-state index is 0.0740. The van der Waals surface area contributed by atoms with Crippen LogP contribution in [-0.2, 0) is 20.1 Å². The zero-order chi connectivity index (χ0) is 25.6. The summed E-state index contributed by atoms with van der Waals surface area (Å²) >= 11 is 0. The third-order valence-corrected chi connectivity index (χ3v) is 6.37. The van der Waals surface area contributed by atoms with Gasteiger partial charge in [0.05, 0.1) is 18.6 Å². The first kappa shape index (κ1) is 21.6. The van der Waals surface area contributed by atoms with Crippen LogP contribution < -0.4 is 21.9 Å². The molecule has 4 heterocycles. The van der Waals surface area contributed by atoms with Gasteiger partial charge in [-0.15, -0.1) is 5.92 Å². The van der Waals surface area contributed by atoms with Gasteiger partial charge in [-0.05, 0) is 32.8 Å². The van der Waals surface area contributed by atoms with Crippen molar-refractivity contribution in [2.24, 2.45) is 12.8 Å². The van der Waals surface area contributed by atoms with E-state index in [9.17, 15) is 9.59 Å². The highest BCUT2D eigenvalue weighted by Crippen LogP contribution is 2.23. The molecule has 1 aliphatic heterocycles. The highest BCUT2D eigenvalue weighted by Gasteiger charge is 2.26. The average Bonchev–Trinajstić information content (AvgIpc) is 3.23. The Hall–Kier alpha value is -3.97. The quantitative estimate of drug-likeness (QED) is 0.442. The molecule has 4 aromatic rings. The van der Waals surface area contributed by atoms with Gasteiger partial charge in [-0.25, -0.2) is 14.8 Å². The Kier molecular flexibility index (Phi) is 5.54. The van der Waals surface area contributed by atoms with Crippen molar-refractivity contribution >= 4 is 28.0 Å². The molecule has 0 saturated carbocycles. The fraction of sp³-hybridized carbons (Fsp3) is 0.400. The van der Waals surface area contributed by atoms with E-state index in [0.29, 0.717) is 24.7 Å². The largest absolute Gasteiger partial charge is 0.341 e. The van der Waals surface area contributed by atoms with Gasteiger partial charge < -0.3 is 10.6 Å². The lowest BCUT2D eigenvalue weighted by Crippen LogP contribution is -2.44. The van der Waals surface area contributed by atoms with E-state index in [1.165, 1.54) is 4.57 Å². The molecule has 1 unspecified atom stereocenters. The zero-order valence-electron chi connectivity index (χ0n) is 21.1. The summed E-state index contributed by atoms with van der Waals surface area (Å²) in [6, 6.07) is 6.51. The van der Waals surface area contributed by atoms with Crippen LogP contribution in [-0.4, -0.2) is 47.8 Å². The lowest BCUT2D eigenvalue weighted by molar-refractivity contribution is 0.496. The van der Waals surface area contributed by atoms with Crippen LogP contribution in [0, 0.1) is 18.8 Å². The highest BCUT2D eigenvalue weighted by atomic mass is 16.2. The molecule has 10 heteroatoms. The van der Waals surface area contributed by atoms with E-state index in [0.717, 1.165) is 27.6 Å². The van der Waals surface area contributed by atoms with Crippen LogP contribution in [0.5, 0.6) is 0 Å². The third-order valence-electron chi connectivity index (χ3n) is 6.37. The molecule has 35 heavy (non-hydrogen) atoms. The van der Waals surface area contributed by atoms with E-state index in [4.69, 9.17) is 7.10 Å². The second-order valence-electron chi connectivity index (χ2n) is 8.76. The number of nitrogens with two attached hydrogens (primary N) is 1. The second-order valence-corrected chi connectivity index (χ2v) is 8.76. The predicted molar refractivity (Wildman–Crippen MR) is 135 cm³/mol. The molecule has 1 saturated heterocycles. The molecule has 0 spiro atoms. The minimum Gasteiger partial charge on any atom is -0.341 e. The Morgan fingerprint density at radius 1 is 1.20 bits per heavy atom. The zero-order valence-corrected chi connectivity index (χ0v) is 20.1. The highest BCUT2D eigenvalue weighted by molar-refractivity contribution is 5.80. The molecule has 0 amide bonds. The second kappa shape index (κ2) is 9.00. The first-order valence-corrected chi connectivity index (χ1v) is 11.6. The average molecular weight is 474 g/mol. The number of fused-ring (bicyclic) bond motifs is 2. The summed E-state index contributed by atoms with van der Waals surface area (Å²) in [7, 11) is 1.59. The lowest BCUT2D eigenvalue weighted by atomic mass is 10.1. The van der Waals surface area contributed by atoms with Crippen molar-refractivity contribution in [2.45, 2.75) is 45.8 Å². The maximum absolute atomic E-state index is 13.8. The number of imidazole rings is 1. The summed E-state index contributed by atoms with van der Waals surface area (Å²) < 4.78 is 12.6. The standard InChI is InChI=1S/C25H28N8O2/c1-4-5-13-32-21-22(29-24(32)31-12-8-9-17(26)14-31)30(3)25(35)33(23(21)34)15-20-27-16(2)18-10-6-7-11-19(18)28-20/h6-7,10-11,17H,8-9,12-15,26H2,1-3H3/i17D. The fourth-order valence-corrected chi connectivity index (χ4v) is 4.63. The maximum atomic E-state index is 13.8. The van der Waals surface area contributed by atoms with Gasteiger partial charge in [0.25, 0.3) is 5.56 Å². The van der Waals surface area contributed by atoms with Gasteiger partial charge in [-0.3, -0.25) is 18.5 Å². The van der Waals surface area contributed by atoms with E-state index in [-0.39, 0.29) is 30.8 Å². The van der Waals surface area contributed by atoms with E-state index < -0.39 is 17.3 Å². The molecule has 10 nitrogen and oxygen atoms in total. The van der Waals surface area contributed by atoms with E-state index in [1.807, 2.05) is 36.1 Å². The number of para-hydroxylation sites is 1. The van der Waals surface area contributed by atoms with Crippen LogP contribution in [0.25, 0.3) is 22.1 Å². The van der Waals surface area contributed by atoms with Crippen LogP contribution in [0.2, 0.25) is 0 Å². The topological polar surface area (TPSA) is 117 Å². The molecule has 0 aliphatic carbocycles. The number of rotatable bonds is 4. The van der Waals surface area contributed by atoms with Crippen LogP contribution in [0.15, 0.2) is 33.9 Å². The first-order valence-electron chi connectivity index (χ1n) is 12.1. The molecule has 1 atom stereocenters. The summed E-state index contributed by atoms with van der Waals surface area (Å²) in [6.07, 6.45) is 1.30. The van der Waals surface area contributed by atoms with Crippen molar-refractivity contribution in [3.05, 3.63) is 56.6 Å². The van der Waals surface area contributed by atoms with Gasteiger partial charge in [0.1, 0.15) is 5.82 Å². The molecule has 5 rings (SSSR count). The van der Waals surface area contributed by atoms with Gasteiger partial charge in [0, 0.05) is 38.6 Å². The molecule has 1 aliphatic rings. The summed E-state index contributed by atoms with van der Waals surface area (Å²) in [4.78, 5) is 42.8. The monoisotopic (exact) mass is 473 g/mol. The summed E-state index contributed by atoms with van der Waals surface area (Å²) in [5.74, 6) is 6.73. The van der Waals surface area contributed by atoms with Gasteiger partial charge in [0.2, 0.25) is 5.95 Å². The predicted octanol–water partition coefficient (Wildman–Crippen LogP) is 1.15. The number of aromatic nitrogens is 6. The van der Waals surface area contributed by atoms with Crippen molar-refractivity contribution in [1.29, 1.82) is 0 Å². The number of aryl methyl sites for hydroxylation is 2. The molecule has 0 radical (unpaired) electrons. The fourth-order valence-electron chi connectivity index (χ4n) is 4.63. The molecule has 1 aromatic carbocycles. The summed E-state index contributed by atoms with van der Waals surface area (Å²) in [5.41, 5.74) is 7.19. The minimum atomic E-state index is -1.12. The Balaban J connectivity index is 1.69. The summed E-state index contributed by atoms with van der Waals surface area (Å²) in [6.45, 7) is 4.66. The SMILES string of the molecule is [2H]C1(N)CCCN(c2nc3c(c(=O)n(Cc4nc(C)c5ccccc5n4)c(=O)n3C)n2CC#CC)C1. The van der Waals surface area contributed by atoms with Crippen LogP contribution in [0.4, 0.5) is 5.95 Å². The smallest absolute Gasteiger partial charge is 0.332 e. The molecule has 2 N–H and O–H groups in total. The molecule has 0 bridgehead atoms. The van der Waals surface area contributed by atoms with E-state index in [2.05, 4.69) is 26.8 Å². The Morgan fingerprint density at radius 3 is 2.77 bits per heavy atom. The number of hydrogen-bond donors (Lipinski definition) is 1. The van der Waals surface area contributed by atoms with E-state index in [1.54, 1.807) is 18.5 Å². The molecular weight excluding hydrogens is 444 g/mol. The maximum Gasteiger partial charge on any atom is 0.332 e. The first-order chi connectivity index (χ1) is 17.2. The summed E-state index contributed by atoms with van der Waals surface area (Å²) in [5, 5.41) is 0.921. The van der Waals surface area contributed by atoms with E-state index >= 15 is 0 Å². The normalized spacial score (nSPS) is 18.5. The third kappa shape index (κ3) is 3.98. The van der Waals surface area contributed by atoms with Crippen LogP contribution in [0.1, 0.15) is 32.7 Å². The van der Waals surface area contributed by atoms with Gasteiger partial charge in [0.15, 0.2) is 11.2 Å². The Bertz CT molecular complexity index is 1670. The molecular formula is C25H28N8O2.